The Kier molecular flexibility index (Phi) is 3.09. The van der Waals surface area contributed by atoms with E-state index in [-0.39, 0.29) is 0 Å². The Hall–Kier alpha value is -1.56. The van der Waals surface area contributed by atoms with Gasteiger partial charge in [0.15, 0.2) is 0 Å². The van der Waals surface area contributed by atoms with Crippen LogP contribution in [0.1, 0.15) is 6.42 Å². The summed E-state index contributed by atoms with van der Waals surface area (Å²) in [6.07, 6.45) is 1.13. The lowest BCUT2D eigenvalue weighted by molar-refractivity contribution is 0.414. The van der Waals surface area contributed by atoms with Gasteiger partial charge in [0.05, 0.1) is 0 Å². The minimum absolute atomic E-state index is 0.292. The first-order chi connectivity index (χ1) is 7.67. The molecule has 2 heterocycles. The third-order valence-electron chi connectivity index (χ3n) is 2.74. The lowest BCUT2D eigenvalue weighted by Gasteiger charge is -2.14. The Bertz CT molecular complexity index is 366. The van der Waals surface area contributed by atoms with E-state index in [4.69, 9.17) is 5.73 Å². The lowest BCUT2D eigenvalue weighted by atomic mass is 10.2. The van der Waals surface area contributed by atoms with Gasteiger partial charge in [-0.2, -0.15) is 9.97 Å². The molecule has 0 radical (unpaired) electrons. The smallest absolute Gasteiger partial charge is 0.223 e. The molecule has 1 aromatic rings. The lowest BCUT2D eigenvalue weighted by Crippen LogP contribution is -2.24. The Morgan fingerprint density at radius 1 is 1.44 bits per heavy atom. The van der Waals surface area contributed by atoms with Crippen LogP contribution in [-0.2, 0) is 0 Å². The number of aromatic nitrogens is 2. The fourth-order valence-corrected chi connectivity index (χ4v) is 1.93. The molecule has 2 rings (SSSR count). The molecule has 0 bridgehead atoms. The van der Waals surface area contributed by atoms with Crippen molar-refractivity contribution in [3.63, 3.8) is 0 Å². The summed E-state index contributed by atoms with van der Waals surface area (Å²) in [6, 6.07) is 2.32. The first kappa shape index (κ1) is 10.9. The Morgan fingerprint density at radius 3 is 2.81 bits per heavy atom. The molecule has 6 nitrogen and oxygen atoms in total. The van der Waals surface area contributed by atoms with Gasteiger partial charge in [-0.25, -0.2) is 0 Å². The highest BCUT2D eigenvalue weighted by molar-refractivity contribution is 5.51. The minimum Gasteiger partial charge on any atom is -0.373 e. The van der Waals surface area contributed by atoms with Crippen molar-refractivity contribution < 1.29 is 0 Å². The van der Waals surface area contributed by atoms with Crippen molar-refractivity contribution in [2.45, 2.75) is 12.5 Å². The molecule has 0 amide bonds. The summed E-state index contributed by atoms with van der Waals surface area (Å²) in [5.74, 6) is 1.82. The largest absolute Gasteiger partial charge is 0.373 e. The predicted molar refractivity (Wildman–Crippen MR) is 65.5 cm³/mol. The molecule has 0 spiro atoms. The molecular formula is C10H18N6. The molecular weight excluding hydrogens is 204 g/mol. The van der Waals surface area contributed by atoms with Crippen LogP contribution in [0.25, 0.3) is 0 Å². The van der Waals surface area contributed by atoms with E-state index in [2.05, 4.69) is 32.5 Å². The molecule has 0 aliphatic carbocycles. The van der Waals surface area contributed by atoms with Gasteiger partial charge in [-0.1, -0.05) is 0 Å². The maximum atomic E-state index is 5.62. The number of anilines is 3. The van der Waals surface area contributed by atoms with Crippen LogP contribution in [0.3, 0.4) is 0 Å². The fourth-order valence-electron chi connectivity index (χ4n) is 1.93. The molecule has 16 heavy (non-hydrogen) atoms. The zero-order valence-corrected chi connectivity index (χ0v) is 9.70. The highest BCUT2D eigenvalue weighted by Crippen LogP contribution is 2.16. The van der Waals surface area contributed by atoms with Crippen molar-refractivity contribution in [2.24, 2.45) is 0 Å². The second-order valence-corrected chi connectivity index (χ2v) is 4.14. The normalized spacial score (nSPS) is 21.0. The summed E-state index contributed by atoms with van der Waals surface area (Å²) < 4.78 is 0. The standard InChI is InChI=1S/C10H18N6/c1-12-8-5-9(15-10(11)14-8)13-7-3-4-16(2)6-7/h5,7H,3-4,6H2,1-2H3,(H4,11,12,13,14,15). The molecule has 4 N–H and O–H groups in total. The summed E-state index contributed by atoms with van der Waals surface area (Å²) in [6.45, 7) is 2.16. The number of nitrogen functional groups attached to an aromatic ring is 1. The summed E-state index contributed by atoms with van der Waals surface area (Å²) in [4.78, 5) is 10.5. The molecule has 88 valence electrons. The van der Waals surface area contributed by atoms with Gasteiger partial charge in [-0.15, -0.1) is 0 Å². The molecule has 1 fully saturated rings. The highest BCUT2D eigenvalue weighted by Gasteiger charge is 2.19. The van der Waals surface area contributed by atoms with Gasteiger partial charge < -0.3 is 21.3 Å². The summed E-state index contributed by atoms with van der Waals surface area (Å²) in [5, 5.41) is 6.33. The maximum absolute atomic E-state index is 5.62. The Balaban J connectivity index is 2.06. The fraction of sp³-hybridized carbons (Fsp3) is 0.600. The van der Waals surface area contributed by atoms with E-state index in [1.165, 1.54) is 0 Å². The summed E-state index contributed by atoms with van der Waals surface area (Å²) >= 11 is 0. The zero-order valence-electron chi connectivity index (χ0n) is 9.70. The quantitative estimate of drug-likeness (QED) is 0.679. The van der Waals surface area contributed by atoms with Crippen molar-refractivity contribution in [2.75, 3.05) is 43.6 Å². The third kappa shape index (κ3) is 2.52. The Labute approximate surface area is 95.3 Å². The molecule has 6 heteroatoms. The van der Waals surface area contributed by atoms with Crippen LogP contribution in [0, 0.1) is 0 Å². The highest BCUT2D eigenvalue weighted by atomic mass is 15.2. The van der Waals surface area contributed by atoms with Crippen molar-refractivity contribution in [3.8, 4) is 0 Å². The van der Waals surface area contributed by atoms with Gasteiger partial charge in [0.2, 0.25) is 5.95 Å². The number of nitrogens with two attached hydrogens (primary N) is 1. The van der Waals surface area contributed by atoms with Crippen LogP contribution < -0.4 is 16.4 Å². The predicted octanol–water partition coefficient (Wildman–Crippen LogP) is 0.217. The monoisotopic (exact) mass is 222 g/mol. The first-order valence-electron chi connectivity index (χ1n) is 5.45. The number of likely N-dealkylation sites (tertiary alicyclic amines) is 1. The SMILES string of the molecule is CNc1cc(NC2CCN(C)C2)nc(N)n1. The van der Waals surface area contributed by atoms with Crippen LogP contribution in [0.15, 0.2) is 6.07 Å². The molecule has 1 atom stereocenters. The Morgan fingerprint density at radius 2 is 2.19 bits per heavy atom. The van der Waals surface area contributed by atoms with Gasteiger partial charge in [0.1, 0.15) is 11.6 Å². The van der Waals surface area contributed by atoms with Crippen LogP contribution in [0.2, 0.25) is 0 Å². The maximum Gasteiger partial charge on any atom is 0.223 e. The van der Waals surface area contributed by atoms with Crippen LogP contribution in [-0.4, -0.2) is 48.1 Å². The average Bonchev–Trinajstić information content (AvgIpc) is 2.63. The van der Waals surface area contributed by atoms with Crippen LogP contribution in [0.4, 0.5) is 17.6 Å². The van der Waals surface area contributed by atoms with E-state index in [1.54, 1.807) is 0 Å². The van der Waals surface area contributed by atoms with Crippen LogP contribution in [0.5, 0.6) is 0 Å². The topological polar surface area (TPSA) is 79.1 Å². The molecule has 1 unspecified atom stereocenters. The number of hydrogen-bond acceptors (Lipinski definition) is 6. The molecule has 1 aromatic heterocycles. The van der Waals surface area contributed by atoms with Crippen molar-refractivity contribution in [3.05, 3.63) is 6.07 Å². The van der Waals surface area contributed by atoms with Gasteiger partial charge in [-0.05, 0) is 20.0 Å². The minimum atomic E-state index is 0.292. The number of likely N-dealkylation sites (N-methyl/N-ethyl adjacent to an activating group) is 1. The zero-order chi connectivity index (χ0) is 11.5. The number of nitrogens with zero attached hydrogens (tertiary/aromatic N) is 3. The first-order valence-corrected chi connectivity index (χ1v) is 5.45. The molecule has 1 saturated heterocycles. The molecule has 1 aliphatic heterocycles. The molecule has 1 aliphatic rings. The average molecular weight is 222 g/mol. The van der Waals surface area contributed by atoms with Gasteiger partial charge in [0, 0.05) is 25.7 Å². The van der Waals surface area contributed by atoms with Gasteiger partial charge in [0.25, 0.3) is 0 Å². The van der Waals surface area contributed by atoms with E-state index in [0.29, 0.717) is 12.0 Å². The van der Waals surface area contributed by atoms with E-state index < -0.39 is 0 Å². The second kappa shape index (κ2) is 4.52. The van der Waals surface area contributed by atoms with E-state index in [1.807, 2.05) is 13.1 Å². The second-order valence-electron chi connectivity index (χ2n) is 4.14. The third-order valence-corrected chi connectivity index (χ3v) is 2.74. The number of rotatable bonds is 3. The van der Waals surface area contributed by atoms with E-state index >= 15 is 0 Å². The van der Waals surface area contributed by atoms with E-state index in [0.717, 1.165) is 31.1 Å². The van der Waals surface area contributed by atoms with Crippen molar-refractivity contribution in [1.82, 2.24) is 14.9 Å². The van der Waals surface area contributed by atoms with Crippen molar-refractivity contribution in [1.29, 1.82) is 0 Å². The van der Waals surface area contributed by atoms with Gasteiger partial charge >= 0.3 is 0 Å². The molecule has 0 saturated carbocycles. The van der Waals surface area contributed by atoms with Crippen LogP contribution >= 0.6 is 0 Å². The summed E-state index contributed by atoms with van der Waals surface area (Å²) in [7, 11) is 3.93. The van der Waals surface area contributed by atoms with Gasteiger partial charge in [-0.3, -0.25) is 0 Å². The molecule has 0 aromatic carbocycles. The van der Waals surface area contributed by atoms with E-state index in [9.17, 15) is 0 Å². The summed E-state index contributed by atoms with van der Waals surface area (Å²) in [5.41, 5.74) is 5.62. The number of nitrogens with one attached hydrogen (secondary N) is 2. The van der Waals surface area contributed by atoms with Crippen molar-refractivity contribution >= 4 is 17.6 Å². The number of hydrogen-bond donors (Lipinski definition) is 3.